The highest BCUT2D eigenvalue weighted by molar-refractivity contribution is 7.80. The van der Waals surface area contributed by atoms with Crippen LogP contribution in [0.1, 0.15) is 19.8 Å². The summed E-state index contributed by atoms with van der Waals surface area (Å²) in [4.78, 5) is 32.4. The zero-order valence-electron chi connectivity index (χ0n) is 8.60. The molecule has 2 atom stereocenters. The maximum absolute atomic E-state index is 11.3. The normalized spacial score (nSPS) is 14.1. The second-order valence-corrected chi connectivity index (χ2v) is 3.62. The van der Waals surface area contributed by atoms with Gasteiger partial charge in [-0.3, -0.25) is 9.59 Å². The lowest BCUT2D eigenvalue weighted by Crippen LogP contribution is -2.41. The lowest BCUT2D eigenvalue weighted by Gasteiger charge is -2.13. The van der Waals surface area contributed by atoms with Crippen molar-refractivity contribution in [3.05, 3.63) is 0 Å². The molecule has 5 nitrogen and oxygen atoms in total. The fraction of sp³-hybridized carbons (Fsp3) is 0.667. The number of nitrogens with two attached hydrogens (primary N) is 1. The van der Waals surface area contributed by atoms with Gasteiger partial charge in [-0.15, -0.1) is 0 Å². The van der Waals surface area contributed by atoms with Crippen LogP contribution in [0.5, 0.6) is 0 Å². The molecule has 1 amide bonds. The first kappa shape index (κ1) is 14.1. The Hall–Kier alpha value is -0.880. The fourth-order valence-electron chi connectivity index (χ4n) is 0.908. The van der Waals surface area contributed by atoms with Gasteiger partial charge >= 0.3 is 0 Å². The summed E-state index contributed by atoms with van der Waals surface area (Å²) in [6.45, 7) is 1.39. The highest BCUT2D eigenvalue weighted by Crippen LogP contribution is 1.95. The molecule has 15 heavy (non-hydrogen) atoms. The van der Waals surface area contributed by atoms with E-state index in [1.165, 1.54) is 6.92 Å². The Balaban J connectivity index is 3.91. The van der Waals surface area contributed by atoms with E-state index in [4.69, 9.17) is 5.73 Å². The van der Waals surface area contributed by atoms with E-state index in [9.17, 15) is 14.4 Å². The van der Waals surface area contributed by atoms with Crippen LogP contribution in [0.3, 0.4) is 0 Å². The van der Waals surface area contributed by atoms with Gasteiger partial charge in [-0.1, -0.05) is 0 Å². The Morgan fingerprint density at radius 3 is 2.53 bits per heavy atom. The first-order valence-electron chi connectivity index (χ1n) is 4.62. The number of thiol groups is 1. The van der Waals surface area contributed by atoms with Gasteiger partial charge in [-0.25, -0.2) is 0 Å². The monoisotopic (exact) mass is 232 g/mol. The third-order valence-electron chi connectivity index (χ3n) is 1.89. The summed E-state index contributed by atoms with van der Waals surface area (Å²) in [5.74, 6) is -0.166. The number of amides is 1. The van der Waals surface area contributed by atoms with E-state index in [1.54, 1.807) is 0 Å². The van der Waals surface area contributed by atoms with Gasteiger partial charge in [0.2, 0.25) is 5.91 Å². The quantitative estimate of drug-likeness (QED) is 0.400. The van der Waals surface area contributed by atoms with Crippen molar-refractivity contribution in [2.75, 3.05) is 5.75 Å². The lowest BCUT2D eigenvalue weighted by atomic mass is 10.1. The van der Waals surface area contributed by atoms with Crippen molar-refractivity contribution < 1.29 is 14.4 Å². The minimum Gasteiger partial charge on any atom is -0.345 e. The van der Waals surface area contributed by atoms with Crippen molar-refractivity contribution in [2.24, 2.45) is 5.73 Å². The van der Waals surface area contributed by atoms with E-state index < -0.39 is 12.1 Å². The van der Waals surface area contributed by atoms with Crippen molar-refractivity contribution >= 4 is 30.6 Å². The van der Waals surface area contributed by atoms with Crippen LogP contribution in [0, 0.1) is 0 Å². The molecule has 6 heteroatoms. The molecule has 0 aromatic heterocycles. The second kappa shape index (κ2) is 7.42. The number of hydrogen-bond acceptors (Lipinski definition) is 5. The van der Waals surface area contributed by atoms with Gasteiger partial charge in [0, 0.05) is 12.2 Å². The molecule has 0 saturated heterocycles. The van der Waals surface area contributed by atoms with Crippen LogP contribution >= 0.6 is 12.6 Å². The first-order chi connectivity index (χ1) is 7.01. The van der Waals surface area contributed by atoms with Crippen LogP contribution < -0.4 is 11.1 Å². The standard InChI is InChI=1S/C9H16N2O3S/c1-6(13)8(5-15)11-9(14)3-2-7(10)4-12/h4,7-8,15H,2-3,5,10H2,1H3,(H,11,14). The first-order valence-corrected chi connectivity index (χ1v) is 5.26. The van der Waals surface area contributed by atoms with E-state index in [2.05, 4.69) is 17.9 Å². The van der Waals surface area contributed by atoms with Crippen LogP contribution in [-0.4, -0.2) is 35.8 Å². The fourth-order valence-corrected chi connectivity index (χ4v) is 1.26. The Bertz CT molecular complexity index is 246. The molecule has 0 saturated carbocycles. The molecular formula is C9H16N2O3S. The summed E-state index contributed by atoms with van der Waals surface area (Å²) in [5, 5.41) is 2.51. The molecule has 0 heterocycles. The molecule has 0 rings (SSSR count). The lowest BCUT2D eigenvalue weighted by molar-refractivity contribution is -0.126. The topological polar surface area (TPSA) is 89.3 Å². The van der Waals surface area contributed by atoms with Crippen molar-refractivity contribution in [2.45, 2.75) is 31.8 Å². The molecular weight excluding hydrogens is 216 g/mol. The highest BCUT2D eigenvalue weighted by atomic mass is 32.1. The average molecular weight is 232 g/mol. The molecule has 2 unspecified atom stereocenters. The number of rotatable bonds is 7. The van der Waals surface area contributed by atoms with Gasteiger partial charge in [0.1, 0.15) is 6.29 Å². The number of aldehydes is 1. The van der Waals surface area contributed by atoms with Crippen LogP contribution in [0.15, 0.2) is 0 Å². The van der Waals surface area contributed by atoms with E-state index >= 15 is 0 Å². The molecule has 0 aromatic rings. The number of ketones is 1. The molecule has 86 valence electrons. The summed E-state index contributed by atoms with van der Waals surface area (Å²) in [5.41, 5.74) is 5.31. The zero-order valence-corrected chi connectivity index (χ0v) is 9.50. The molecule has 0 bridgehead atoms. The predicted molar refractivity (Wildman–Crippen MR) is 59.7 cm³/mol. The molecule has 0 aliphatic heterocycles. The summed E-state index contributed by atoms with van der Waals surface area (Å²) in [6, 6.07) is -1.18. The third kappa shape index (κ3) is 6.24. The van der Waals surface area contributed by atoms with Gasteiger partial charge in [0.15, 0.2) is 5.78 Å². The van der Waals surface area contributed by atoms with Crippen LogP contribution in [-0.2, 0) is 14.4 Å². The Morgan fingerprint density at radius 2 is 2.13 bits per heavy atom. The highest BCUT2D eigenvalue weighted by Gasteiger charge is 2.15. The van der Waals surface area contributed by atoms with Crippen LogP contribution in [0.4, 0.5) is 0 Å². The second-order valence-electron chi connectivity index (χ2n) is 3.25. The Morgan fingerprint density at radius 1 is 1.53 bits per heavy atom. The van der Waals surface area contributed by atoms with E-state index in [1.807, 2.05) is 0 Å². The number of hydrogen-bond donors (Lipinski definition) is 3. The molecule has 0 spiro atoms. The van der Waals surface area contributed by atoms with Crippen molar-refractivity contribution in [3.63, 3.8) is 0 Å². The van der Waals surface area contributed by atoms with Crippen molar-refractivity contribution in [1.82, 2.24) is 5.32 Å². The maximum atomic E-state index is 11.3. The third-order valence-corrected chi connectivity index (χ3v) is 2.25. The number of Topliss-reactive ketones (excluding diaryl/α,β-unsaturated/α-hetero) is 1. The molecule has 0 aromatic carbocycles. The van der Waals surface area contributed by atoms with Gasteiger partial charge in [-0.2, -0.15) is 12.6 Å². The van der Waals surface area contributed by atoms with Crippen LogP contribution in [0.2, 0.25) is 0 Å². The predicted octanol–water partition coefficient (Wildman–Crippen LogP) is -0.704. The van der Waals surface area contributed by atoms with Crippen LogP contribution in [0.25, 0.3) is 0 Å². The number of carbonyl (C=O) groups is 3. The molecule has 0 fully saturated rings. The average Bonchev–Trinajstić information content (AvgIpc) is 2.21. The summed E-state index contributed by atoms with van der Waals surface area (Å²) in [7, 11) is 0. The van der Waals surface area contributed by atoms with Crippen molar-refractivity contribution in [1.29, 1.82) is 0 Å². The summed E-state index contributed by atoms with van der Waals surface area (Å²) < 4.78 is 0. The maximum Gasteiger partial charge on any atom is 0.220 e. The van der Waals surface area contributed by atoms with Gasteiger partial charge in [0.25, 0.3) is 0 Å². The smallest absolute Gasteiger partial charge is 0.220 e. The Labute approximate surface area is 94.2 Å². The largest absolute Gasteiger partial charge is 0.345 e. The van der Waals surface area contributed by atoms with Gasteiger partial charge < -0.3 is 15.8 Å². The minimum absolute atomic E-state index is 0.136. The van der Waals surface area contributed by atoms with E-state index in [0.29, 0.717) is 6.29 Å². The molecule has 0 aliphatic carbocycles. The summed E-state index contributed by atoms with van der Waals surface area (Å²) >= 11 is 3.94. The number of nitrogens with one attached hydrogen (secondary N) is 1. The molecule has 3 N–H and O–H groups in total. The molecule has 0 aliphatic rings. The summed E-state index contributed by atoms with van der Waals surface area (Å²) in [6.07, 6.45) is 1.01. The van der Waals surface area contributed by atoms with E-state index in [-0.39, 0.29) is 30.3 Å². The number of carbonyl (C=O) groups excluding carboxylic acids is 3. The van der Waals surface area contributed by atoms with Crippen molar-refractivity contribution in [3.8, 4) is 0 Å². The Kier molecular flexibility index (Phi) is 6.98. The van der Waals surface area contributed by atoms with Gasteiger partial charge in [-0.05, 0) is 13.3 Å². The van der Waals surface area contributed by atoms with Gasteiger partial charge in [0.05, 0.1) is 12.1 Å². The molecule has 0 radical (unpaired) electrons. The SMILES string of the molecule is CC(=O)C(CS)NC(=O)CCC(N)C=O. The zero-order chi connectivity index (χ0) is 11.8. The van der Waals surface area contributed by atoms with E-state index in [0.717, 1.165) is 0 Å². The minimum atomic E-state index is -0.623.